The number of hydrogen-bond donors (Lipinski definition) is 0. The van der Waals surface area contributed by atoms with E-state index in [1.54, 1.807) is 17.0 Å². The Morgan fingerprint density at radius 3 is 2.70 bits per heavy atom. The first-order valence-electron chi connectivity index (χ1n) is 8.78. The normalized spacial score (nSPS) is 17.1. The van der Waals surface area contributed by atoms with Crippen molar-refractivity contribution in [3.63, 3.8) is 0 Å². The molecular weight excluding hydrogens is 413 g/mol. The molecule has 2 aromatic carbocycles. The predicted octanol–water partition coefficient (Wildman–Crippen LogP) is 5.01. The molecule has 4 rings (SSSR count). The van der Waals surface area contributed by atoms with Gasteiger partial charge < -0.3 is 9.42 Å². The highest BCUT2D eigenvalue weighted by Crippen LogP contribution is 2.32. The van der Waals surface area contributed by atoms with E-state index in [9.17, 15) is 9.18 Å². The third-order valence-electron chi connectivity index (χ3n) is 4.70. The van der Waals surface area contributed by atoms with Crippen molar-refractivity contribution in [1.82, 2.24) is 15.0 Å². The van der Waals surface area contributed by atoms with Crippen molar-refractivity contribution in [2.75, 3.05) is 6.54 Å². The lowest BCUT2D eigenvalue weighted by molar-refractivity contribution is 0.0556. The number of piperidine rings is 1. The molecule has 7 heteroatoms. The van der Waals surface area contributed by atoms with Crippen LogP contribution >= 0.6 is 15.9 Å². The van der Waals surface area contributed by atoms with Crippen molar-refractivity contribution in [3.05, 3.63) is 70.3 Å². The van der Waals surface area contributed by atoms with Crippen molar-refractivity contribution < 1.29 is 13.7 Å². The summed E-state index contributed by atoms with van der Waals surface area (Å²) in [6, 6.07) is 13.3. The Morgan fingerprint density at radius 1 is 1.15 bits per heavy atom. The van der Waals surface area contributed by atoms with Crippen LogP contribution in [0.4, 0.5) is 4.39 Å². The van der Waals surface area contributed by atoms with Gasteiger partial charge in [0.25, 0.3) is 5.91 Å². The Bertz CT molecular complexity index is 958. The van der Waals surface area contributed by atoms with Crippen LogP contribution < -0.4 is 0 Å². The van der Waals surface area contributed by atoms with E-state index in [0.29, 0.717) is 24.7 Å². The summed E-state index contributed by atoms with van der Waals surface area (Å²) >= 11 is 3.40. The minimum Gasteiger partial charge on any atom is -0.337 e. The maximum absolute atomic E-state index is 14.1. The first-order valence-corrected chi connectivity index (χ1v) is 9.58. The van der Waals surface area contributed by atoms with Crippen LogP contribution in [0, 0.1) is 5.82 Å². The van der Waals surface area contributed by atoms with Gasteiger partial charge in [0.1, 0.15) is 11.9 Å². The van der Waals surface area contributed by atoms with E-state index in [4.69, 9.17) is 4.52 Å². The molecule has 0 radical (unpaired) electrons. The van der Waals surface area contributed by atoms with E-state index in [2.05, 4.69) is 26.1 Å². The van der Waals surface area contributed by atoms with Crippen LogP contribution in [0.3, 0.4) is 0 Å². The number of hydrogen-bond acceptors (Lipinski definition) is 4. The average Bonchev–Trinajstić information content (AvgIpc) is 3.18. The third kappa shape index (κ3) is 3.64. The molecular formula is C20H17BrFN3O2. The van der Waals surface area contributed by atoms with Gasteiger partial charge in [-0.05, 0) is 55.7 Å². The summed E-state index contributed by atoms with van der Waals surface area (Å²) < 4.78 is 20.5. The van der Waals surface area contributed by atoms with Gasteiger partial charge in [0, 0.05) is 16.6 Å². The van der Waals surface area contributed by atoms with Gasteiger partial charge in [-0.25, -0.2) is 4.39 Å². The van der Waals surface area contributed by atoms with Crippen LogP contribution in [0.25, 0.3) is 11.4 Å². The molecule has 5 nitrogen and oxygen atoms in total. The van der Waals surface area contributed by atoms with Gasteiger partial charge in [0.15, 0.2) is 0 Å². The van der Waals surface area contributed by atoms with E-state index in [-0.39, 0.29) is 17.5 Å². The Labute approximate surface area is 164 Å². The minimum atomic E-state index is -0.520. The van der Waals surface area contributed by atoms with Crippen molar-refractivity contribution in [3.8, 4) is 11.4 Å². The largest absolute Gasteiger partial charge is 0.337 e. The number of aromatic nitrogens is 2. The Morgan fingerprint density at radius 2 is 1.93 bits per heavy atom. The summed E-state index contributed by atoms with van der Waals surface area (Å²) in [5, 5.41) is 4.06. The lowest BCUT2D eigenvalue weighted by Crippen LogP contribution is -2.39. The molecule has 0 bridgehead atoms. The highest BCUT2D eigenvalue weighted by atomic mass is 79.9. The zero-order valence-electron chi connectivity index (χ0n) is 14.4. The second-order valence-corrected chi connectivity index (χ2v) is 7.37. The van der Waals surface area contributed by atoms with Crippen molar-refractivity contribution in [2.45, 2.75) is 25.3 Å². The van der Waals surface area contributed by atoms with Gasteiger partial charge in [-0.3, -0.25) is 4.79 Å². The molecule has 3 aromatic rings. The minimum absolute atomic E-state index is 0.0667. The Hall–Kier alpha value is -2.54. The lowest BCUT2D eigenvalue weighted by atomic mass is 10.0. The fourth-order valence-electron chi connectivity index (χ4n) is 3.31. The monoisotopic (exact) mass is 429 g/mol. The first-order chi connectivity index (χ1) is 13.1. The van der Waals surface area contributed by atoms with Crippen molar-refractivity contribution in [1.29, 1.82) is 0 Å². The quantitative estimate of drug-likeness (QED) is 0.587. The zero-order chi connectivity index (χ0) is 18.8. The summed E-state index contributed by atoms with van der Waals surface area (Å²) in [6.45, 7) is 0.536. The molecule has 1 saturated heterocycles. The van der Waals surface area contributed by atoms with Crippen molar-refractivity contribution in [2.24, 2.45) is 0 Å². The number of rotatable bonds is 3. The smallest absolute Gasteiger partial charge is 0.257 e. The van der Waals surface area contributed by atoms with E-state index in [1.165, 1.54) is 12.1 Å². The maximum atomic E-state index is 14.1. The predicted molar refractivity (Wildman–Crippen MR) is 101 cm³/mol. The molecule has 1 aliphatic heterocycles. The van der Waals surface area contributed by atoms with E-state index < -0.39 is 5.82 Å². The Kier molecular flexibility index (Phi) is 5.03. The van der Waals surface area contributed by atoms with E-state index >= 15 is 0 Å². The first kappa shape index (κ1) is 17.9. The molecule has 0 spiro atoms. The van der Waals surface area contributed by atoms with Crippen LogP contribution in [0.1, 0.15) is 41.6 Å². The van der Waals surface area contributed by atoms with Crippen molar-refractivity contribution >= 4 is 21.8 Å². The van der Waals surface area contributed by atoms with Crippen LogP contribution in [0.15, 0.2) is 57.5 Å². The number of likely N-dealkylation sites (tertiary alicyclic amines) is 1. The van der Waals surface area contributed by atoms with Gasteiger partial charge in [0.2, 0.25) is 11.7 Å². The Balaban J connectivity index is 1.62. The SMILES string of the molecule is O=C(c1ccccc1F)N1CCCCC1c1nc(-c2ccc(Br)cc2)no1. The summed E-state index contributed by atoms with van der Waals surface area (Å²) in [7, 11) is 0. The molecule has 0 N–H and O–H groups in total. The van der Waals surface area contributed by atoms with Gasteiger partial charge in [-0.2, -0.15) is 4.98 Å². The number of halogens is 2. The highest BCUT2D eigenvalue weighted by molar-refractivity contribution is 9.10. The van der Waals surface area contributed by atoms with Crippen LogP contribution in [-0.2, 0) is 0 Å². The summed E-state index contributed by atoms with van der Waals surface area (Å²) in [5.41, 5.74) is 0.896. The number of carbonyl (C=O) groups excluding carboxylic acids is 1. The fourth-order valence-corrected chi connectivity index (χ4v) is 3.57. The molecule has 1 fully saturated rings. The van der Waals surface area contributed by atoms with Crippen LogP contribution in [-0.4, -0.2) is 27.5 Å². The molecule has 1 unspecified atom stereocenters. The third-order valence-corrected chi connectivity index (χ3v) is 5.23. The average molecular weight is 430 g/mol. The summed E-state index contributed by atoms with van der Waals surface area (Å²) in [5.74, 6) is -0.00670. The van der Waals surface area contributed by atoms with E-state index in [1.807, 2.05) is 24.3 Å². The molecule has 1 aliphatic rings. The number of nitrogens with zero attached hydrogens (tertiary/aromatic N) is 3. The molecule has 138 valence electrons. The molecule has 1 aromatic heterocycles. The summed E-state index contributed by atoms with van der Waals surface area (Å²) in [6.07, 6.45) is 2.52. The van der Waals surface area contributed by atoms with E-state index in [0.717, 1.165) is 22.9 Å². The summed E-state index contributed by atoms with van der Waals surface area (Å²) in [4.78, 5) is 19.1. The van der Waals surface area contributed by atoms with Gasteiger partial charge in [-0.1, -0.05) is 33.2 Å². The highest BCUT2D eigenvalue weighted by Gasteiger charge is 2.33. The number of amides is 1. The molecule has 0 saturated carbocycles. The number of benzene rings is 2. The maximum Gasteiger partial charge on any atom is 0.257 e. The second kappa shape index (κ2) is 7.60. The zero-order valence-corrected chi connectivity index (χ0v) is 16.0. The molecule has 27 heavy (non-hydrogen) atoms. The number of carbonyl (C=O) groups is 1. The molecule has 2 heterocycles. The van der Waals surface area contributed by atoms with Gasteiger partial charge in [-0.15, -0.1) is 0 Å². The van der Waals surface area contributed by atoms with Crippen LogP contribution in [0.5, 0.6) is 0 Å². The molecule has 1 amide bonds. The topological polar surface area (TPSA) is 59.2 Å². The molecule has 1 atom stereocenters. The second-order valence-electron chi connectivity index (χ2n) is 6.45. The lowest BCUT2D eigenvalue weighted by Gasteiger charge is -2.33. The fraction of sp³-hybridized carbons (Fsp3) is 0.250. The standard InChI is InChI=1S/C20H17BrFN3O2/c21-14-10-8-13(9-11-14)18-23-19(27-24-18)17-7-3-4-12-25(17)20(26)15-5-1-2-6-16(15)22/h1-2,5-6,8-11,17H,3-4,7,12H2. The van der Waals surface area contributed by atoms with Gasteiger partial charge >= 0.3 is 0 Å². The molecule has 0 aliphatic carbocycles. The van der Waals surface area contributed by atoms with Crippen LogP contribution in [0.2, 0.25) is 0 Å². The van der Waals surface area contributed by atoms with Gasteiger partial charge in [0.05, 0.1) is 5.56 Å².